The Morgan fingerprint density at radius 3 is 2.45 bits per heavy atom. The molecular weight excluding hydrogens is 304 g/mol. The first-order valence-electron chi connectivity index (χ1n) is 8.07. The molecule has 0 aliphatic carbocycles. The molecule has 0 aromatic carbocycles. The van der Waals surface area contributed by atoms with Crippen LogP contribution in [0.1, 0.15) is 33.1 Å². The highest BCUT2D eigenvalue weighted by atomic mass is 32.2. The highest BCUT2D eigenvalue weighted by molar-refractivity contribution is 7.89. The summed E-state index contributed by atoms with van der Waals surface area (Å²) >= 11 is 0. The van der Waals surface area contributed by atoms with E-state index < -0.39 is 10.0 Å². The third kappa shape index (κ3) is 3.46. The second-order valence-corrected chi connectivity index (χ2v) is 8.72. The van der Waals surface area contributed by atoms with Crippen LogP contribution in [0.25, 0.3) is 0 Å². The van der Waals surface area contributed by atoms with Crippen LogP contribution in [0.15, 0.2) is 0 Å². The van der Waals surface area contributed by atoms with Gasteiger partial charge in [-0.1, -0.05) is 6.92 Å². The molecule has 0 saturated carbocycles. The second-order valence-electron chi connectivity index (χ2n) is 6.63. The topological polar surface area (TPSA) is 66.9 Å². The molecule has 2 aliphatic heterocycles. The first-order valence-corrected chi connectivity index (χ1v) is 9.68. The molecule has 6 nitrogen and oxygen atoms in total. The van der Waals surface area contributed by atoms with Crippen LogP contribution < -0.4 is 0 Å². The molecule has 2 saturated heterocycles. The van der Waals surface area contributed by atoms with Gasteiger partial charge in [0.1, 0.15) is 0 Å². The van der Waals surface area contributed by atoms with Crippen molar-refractivity contribution in [3.63, 3.8) is 0 Å². The quantitative estimate of drug-likeness (QED) is 0.751. The molecular formula is C15H28N2O4S. The average Bonchev–Trinajstić information content (AvgIpc) is 2.79. The van der Waals surface area contributed by atoms with Crippen LogP contribution >= 0.6 is 0 Å². The van der Waals surface area contributed by atoms with Crippen molar-refractivity contribution >= 4 is 15.9 Å². The molecule has 0 radical (unpaired) electrons. The minimum atomic E-state index is -3.12. The highest BCUT2D eigenvalue weighted by Gasteiger charge is 2.49. The van der Waals surface area contributed by atoms with Crippen molar-refractivity contribution in [1.29, 1.82) is 0 Å². The number of methoxy groups -OCH3 is 1. The van der Waals surface area contributed by atoms with Gasteiger partial charge >= 0.3 is 0 Å². The van der Waals surface area contributed by atoms with Crippen molar-refractivity contribution < 1.29 is 17.9 Å². The van der Waals surface area contributed by atoms with E-state index in [-0.39, 0.29) is 17.1 Å². The van der Waals surface area contributed by atoms with Gasteiger partial charge in [-0.15, -0.1) is 0 Å². The van der Waals surface area contributed by atoms with Crippen LogP contribution in [0.5, 0.6) is 0 Å². The molecule has 2 rings (SSSR count). The van der Waals surface area contributed by atoms with Crippen LogP contribution in [0.4, 0.5) is 0 Å². The highest BCUT2D eigenvalue weighted by Crippen LogP contribution is 2.45. The molecule has 0 N–H and O–H groups in total. The first-order chi connectivity index (χ1) is 10.3. The van der Waals surface area contributed by atoms with Gasteiger partial charge in [0.15, 0.2) is 0 Å². The molecule has 7 heteroatoms. The molecule has 2 heterocycles. The molecule has 0 aromatic heterocycles. The maximum Gasteiger partial charge on any atom is 0.219 e. The van der Waals surface area contributed by atoms with Crippen molar-refractivity contribution in [2.75, 3.05) is 45.6 Å². The SMILES string of the molecule is CCCS(=O)(=O)N1CCC2(CC1)CN(C(C)=O)CC2COC. The van der Waals surface area contributed by atoms with Crippen LogP contribution in [0.3, 0.4) is 0 Å². The van der Waals surface area contributed by atoms with E-state index in [1.165, 1.54) is 0 Å². The van der Waals surface area contributed by atoms with Crippen LogP contribution in [0.2, 0.25) is 0 Å². The fraction of sp³-hybridized carbons (Fsp3) is 0.933. The molecule has 0 aromatic rings. The predicted octanol–water partition coefficient (Wildman–Crippen LogP) is 0.933. The van der Waals surface area contributed by atoms with Gasteiger partial charge in [-0.25, -0.2) is 12.7 Å². The Morgan fingerprint density at radius 2 is 1.95 bits per heavy atom. The Hall–Kier alpha value is -0.660. The molecule has 0 bridgehead atoms. The van der Waals surface area contributed by atoms with Gasteiger partial charge < -0.3 is 9.64 Å². The Balaban J connectivity index is 2.08. The van der Waals surface area contributed by atoms with Crippen molar-refractivity contribution in [3.8, 4) is 0 Å². The molecule has 2 aliphatic rings. The van der Waals surface area contributed by atoms with Crippen LogP contribution in [-0.2, 0) is 19.6 Å². The van der Waals surface area contributed by atoms with Gasteiger partial charge in [0, 0.05) is 46.1 Å². The number of piperidine rings is 1. The standard InChI is InChI=1S/C15H28N2O4S/c1-4-9-22(19,20)17-7-5-15(6-8-17)12-16(13(2)18)10-14(15)11-21-3/h14H,4-12H2,1-3H3. The maximum atomic E-state index is 12.2. The number of hydrogen-bond acceptors (Lipinski definition) is 4. The molecule has 22 heavy (non-hydrogen) atoms. The lowest BCUT2D eigenvalue weighted by molar-refractivity contribution is -0.128. The third-order valence-electron chi connectivity index (χ3n) is 5.20. The van der Waals surface area contributed by atoms with Crippen molar-refractivity contribution in [2.24, 2.45) is 11.3 Å². The zero-order chi connectivity index (χ0) is 16.4. The number of rotatable bonds is 5. The number of amides is 1. The van der Waals surface area contributed by atoms with E-state index in [4.69, 9.17) is 4.74 Å². The summed E-state index contributed by atoms with van der Waals surface area (Å²) < 4.78 is 31.4. The monoisotopic (exact) mass is 332 g/mol. The van der Waals surface area contributed by atoms with E-state index in [1.807, 2.05) is 11.8 Å². The zero-order valence-electron chi connectivity index (χ0n) is 13.9. The fourth-order valence-corrected chi connectivity index (χ4v) is 5.38. The molecule has 1 amide bonds. The van der Waals surface area contributed by atoms with Gasteiger partial charge in [-0.05, 0) is 24.7 Å². The number of sulfonamides is 1. The summed E-state index contributed by atoms with van der Waals surface area (Å²) in [7, 11) is -1.43. The number of carbonyl (C=O) groups is 1. The normalized spacial score (nSPS) is 25.8. The summed E-state index contributed by atoms with van der Waals surface area (Å²) in [6.07, 6.45) is 2.27. The number of likely N-dealkylation sites (tertiary alicyclic amines) is 1. The largest absolute Gasteiger partial charge is 0.384 e. The van der Waals surface area contributed by atoms with E-state index in [2.05, 4.69) is 0 Å². The second kappa shape index (κ2) is 6.84. The Kier molecular flexibility index (Phi) is 5.50. The number of ether oxygens (including phenoxy) is 1. The Morgan fingerprint density at radius 1 is 1.32 bits per heavy atom. The number of carbonyl (C=O) groups excluding carboxylic acids is 1. The van der Waals surface area contributed by atoms with Crippen molar-refractivity contribution in [1.82, 2.24) is 9.21 Å². The minimum absolute atomic E-state index is 0.0138. The van der Waals surface area contributed by atoms with Gasteiger partial charge in [-0.3, -0.25) is 4.79 Å². The minimum Gasteiger partial charge on any atom is -0.384 e. The number of hydrogen-bond donors (Lipinski definition) is 0. The van der Waals surface area contributed by atoms with Gasteiger partial charge in [-0.2, -0.15) is 0 Å². The predicted molar refractivity (Wildman–Crippen MR) is 84.9 cm³/mol. The van der Waals surface area contributed by atoms with E-state index in [1.54, 1.807) is 18.3 Å². The lowest BCUT2D eigenvalue weighted by atomic mass is 9.71. The lowest BCUT2D eigenvalue weighted by Crippen LogP contribution is -2.47. The summed E-state index contributed by atoms with van der Waals surface area (Å²) in [4.78, 5) is 13.6. The summed E-state index contributed by atoms with van der Waals surface area (Å²) in [5, 5.41) is 0. The van der Waals surface area contributed by atoms with Crippen molar-refractivity contribution in [3.05, 3.63) is 0 Å². The lowest BCUT2D eigenvalue weighted by Gasteiger charge is -2.41. The smallest absolute Gasteiger partial charge is 0.219 e. The Bertz CT molecular complexity index is 498. The van der Waals surface area contributed by atoms with Crippen LogP contribution in [-0.4, -0.2) is 69.2 Å². The fourth-order valence-electron chi connectivity index (χ4n) is 3.87. The summed E-state index contributed by atoms with van der Waals surface area (Å²) in [6.45, 7) is 6.71. The van der Waals surface area contributed by atoms with Crippen LogP contribution in [0, 0.1) is 11.3 Å². The molecule has 2 fully saturated rings. The van der Waals surface area contributed by atoms with E-state index in [0.717, 1.165) is 25.9 Å². The first kappa shape index (κ1) is 17.7. The van der Waals surface area contributed by atoms with Gasteiger partial charge in [0.25, 0.3) is 0 Å². The Labute approximate surface area is 133 Å². The van der Waals surface area contributed by atoms with E-state index in [9.17, 15) is 13.2 Å². The third-order valence-corrected chi connectivity index (χ3v) is 7.28. The summed E-state index contributed by atoms with van der Waals surface area (Å²) in [6, 6.07) is 0. The molecule has 1 unspecified atom stereocenters. The molecule has 128 valence electrons. The maximum absolute atomic E-state index is 12.2. The summed E-state index contributed by atoms with van der Waals surface area (Å²) in [5.74, 6) is 0.623. The summed E-state index contributed by atoms with van der Waals surface area (Å²) in [5.41, 5.74) is 0.0138. The van der Waals surface area contributed by atoms with E-state index >= 15 is 0 Å². The molecule has 1 spiro atoms. The van der Waals surface area contributed by atoms with Crippen molar-refractivity contribution in [2.45, 2.75) is 33.1 Å². The van der Waals surface area contributed by atoms with Gasteiger partial charge in [0.2, 0.25) is 15.9 Å². The molecule has 1 atom stereocenters. The van der Waals surface area contributed by atoms with E-state index in [0.29, 0.717) is 32.0 Å². The average molecular weight is 332 g/mol. The zero-order valence-corrected chi connectivity index (χ0v) is 14.7. The number of nitrogens with zero attached hydrogens (tertiary/aromatic N) is 2. The van der Waals surface area contributed by atoms with Gasteiger partial charge in [0.05, 0.1) is 12.4 Å².